The predicted molar refractivity (Wildman–Crippen MR) is 174 cm³/mol. The molecule has 5 aliphatic heterocycles. The Morgan fingerprint density at radius 3 is 1.13 bits per heavy atom. The summed E-state index contributed by atoms with van der Waals surface area (Å²) in [7, 11) is 0. The maximum Gasteiger partial charge on any atom is 0.107 e. The first kappa shape index (κ1) is 28.9. The number of hydrogen-bond acceptors (Lipinski definition) is 9. The van der Waals surface area contributed by atoms with Gasteiger partial charge in [-0.3, -0.25) is 42.5 Å². The van der Waals surface area contributed by atoms with Crippen molar-refractivity contribution in [3.63, 3.8) is 0 Å². The summed E-state index contributed by atoms with van der Waals surface area (Å²) in [6, 6.07) is 4.34. The molecule has 9 aliphatic rings. The summed E-state index contributed by atoms with van der Waals surface area (Å²) in [5.74, 6) is 6.99. The fourth-order valence-electron chi connectivity index (χ4n) is 12.9. The number of hydrogen-bond donors (Lipinski definition) is 8. The van der Waals surface area contributed by atoms with Crippen molar-refractivity contribution in [2.24, 2.45) is 47.3 Å². The average molecular weight is 619 g/mol. The second-order valence-corrected chi connectivity index (χ2v) is 16.8. The van der Waals surface area contributed by atoms with Crippen LogP contribution in [0.15, 0.2) is 22.8 Å². The van der Waals surface area contributed by atoms with Gasteiger partial charge in [-0.2, -0.15) is 0 Å². The van der Waals surface area contributed by atoms with Gasteiger partial charge in [0.05, 0.1) is 55.6 Å². The van der Waals surface area contributed by atoms with Crippen LogP contribution in [0.5, 0.6) is 0 Å². The zero-order valence-electron chi connectivity index (χ0n) is 27.1. The standard InChI is InChI=1S/C36H58N8O/c1-2-10-20-19(9-1)29-37-30(20)39-32-23-13-5-6-14-24(23)34(41-32)43-36-28-25(27-17-8-18-45-27)15-7-16-26(28)35(44-36)42-33-22-12-4-3-11-21(22)31(38-29)40-33/h8,17-26,28-44H,1-7,9-16H2. The summed E-state index contributed by atoms with van der Waals surface area (Å²) >= 11 is 0. The third-order valence-corrected chi connectivity index (χ3v) is 14.8. The molecule has 9 nitrogen and oxygen atoms in total. The van der Waals surface area contributed by atoms with Crippen LogP contribution in [0, 0.1) is 47.3 Å². The van der Waals surface area contributed by atoms with E-state index in [1.54, 1.807) is 0 Å². The fraction of sp³-hybridized carbons (Fsp3) is 0.889. The largest absolute Gasteiger partial charge is 0.469 e. The zero-order valence-corrected chi connectivity index (χ0v) is 27.1. The molecule has 5 saturated heterocycles. The van der Waals surface area contributed by atoms with Crippen molar-refractivity contribution in [2.75, 3.05) is 0 Å². The summed E-state index contributed by atoms with van der Waals surface area (Å²) in [4.78, 5) is 0. The molecule has 17 atom stereocenters. The second kappa shape index (κ2) is 11.8. The lowest BCUT2D eigenvalue weighted by molar-refractivity contribution is 0.146. The minimum Gasteiger partial charge on any atom is -0.469 e. The average Bonchev–Trinajstić information content (AvgIpc) is 3.91. The summed E-state index contributed by atoms with van der Waals surface area (Å²) < 4.78 is 6.15. The van der Waals surface area contributed by atoms with E-state index >= 15 is 0 Å². The summed E-state index contributed by atoms with van der Waals surface area (Å²) in [5.41, 5.74) is 0. The van der Waals surface area contributed by atoms with Crippen molar-refractivity contribution in [3.8, 4) is 0 Å². The highest BCUT2D eigenvalue weighted by molar-refractivity contribution is 5.15. The number of fused-ring (bicyclic) bond motifs is 20. The van der Waals surface area contributed by atoms with Crippen LogP contribution in [0.2, 0.25) is 0 Å². The van der Waals surface area contributed by atoms with E-state index < -0.39 is 0 Å². The van der Waals surface area contributed by atoms with Gasteiger partial charge in [0.15, 0.2) is 0 Å². The first-order valence-electron chi connectivity index (χ1n) is 19.4. The lowest BCUT2D eigenvalue weighted by atomic mass is 9.70. The Morgan fingerprint density at radius 1 is 0.400 bits per heavy atom. The molecule has 4 saturated carbocycles. The minimum absolute atomic E-state index is 0.267. The van der Waals surface area contributed by atoms with Gasteiger partial charge in [-0.1, -0.05) is 44.9 Å². The molecule has 1 aromatic heterocycles. The molecule has 17 unspecified atom stereocenters. The van der Waals surface area contributed by atoms with E-state index in [9.17, 15) is 0 Å². The van der Waals surface area contributed by atoms with E-state index in [-0.39, 0.29) is 6.17 Å². The molecule has 248 valence electrons. The minimum atomic E-state index is 0.267. The number of rotatable bonds is 1. The second-order valence-electron chi connectivity index (χ2n) is 16.8. The van der Waals surface area contributed by atoms with Crippen LogP contribution in [-0.4, -0.2) is 49.3 Å². The molecule has 0 radical (unpaired) electrons. The van der Waals surface area contributed by atoms with Gasteiger partial charge in [-0.25, -0.2) is 0 Å². The highest BCUT2D eigenvalue weighted by atomic mass is 16.3. The maximum atomic E-state index is 6.15. The summed E-state index contributed by atoms with van der Waals surface area (Å²) in [5, 5.41) is 34.0. The molecule has 0 aromatic carbocycles. The van der Waals surface area contributed by atoms with Gasteiger partial charge in [0, 0.05) is 11.8 Å². The smallest absolute Gasteiger partial charge is 0.107 e. The van der Waals surface area contributed by atoms with E-state index in [4.69, 9.17) is 4.42 Å². The van der Waals surface area contributed by atoms with E-state index in [1.807, 2.05) is 6.26 Å². The van der Waals surface area contributed by atoms with Gasteiger partial charge in [0.1, 0.15) is 5.76 Å². The van der Waals surface area contributed by atoms with Gasteiger partial charge in [-0.15, -0.1) is 0 Å². The third kappa shape index (κ3) is 4.93. The van der Waals surface area contributed by atoms with E-state index in [2.05, 4.69) is 54.7 Å². The van der Waals surface area contributed by atoms with Crippen LogP contribution in [0.25, 0.3) is 0 Å². The van der Waals surface area contributed by atoms with Crippen molar-refractivity contribution in [3.05, 3.63) is 24.2 Å². The molecule has 6 heterocycles. The molecule has 8 bridgehead atoms. The summed E-state index contributed by atoms with van der Waals surface area (Å²) in [6.45, 7) is 0. The highest BCUT2D eigenvalue weighted by Gasteiger charge is 2.56. The lowest BCUT2D eigenvalue weighted by Crippen LogP contribution is -2.61. The van der Waals surface area contributed by atoms with Gasteiger partial charge in [0.25, 0.3) is 0 Å². The molecule has 0 amide bonds. The van der Waals surface area contributed by atoms with Crippen LogP contribution in [-0.2, 0) is 0 Å². The van der Waals surface area contributed by atoms with Crippen LogP contribution >= 0.6 is 0 Å². The molecule has 4 aliphatic carbocycles. The van der Waals surface area contributed by atoms with Crippen LogP contribution in [0.1, 0.15) is 108 Å². The molecule has 8 N–H and O–H groups in total. The Bertz CT molecular complexity index is 1180. The van der Waals surface area contributed by atoms with Crippen LogP contribution in [0.4, 0.5) is 0 Å². The Balaban J connectivity index is 1.01. The van der Waals surface area contributed by atoms with Crippen molar-refractivity contribution in [1.82, 2.24) is 42.5 Å². The number of nitrogens with one attached hydrogen (secondary N) is 8. The Morgan fingerprint density at radius 2 is 0.756 bits per heavy atom. The van der Waals surface area contributed by atoms with Gasteiger partial charge in [0.2, 0.25) is 0 Å². The fourth-order valence-corrected chi connectivity index (χ4v) is 12.9. The maximum absolute atomic E-state index is 6.15. The topological polar surface area (TPSA) is 109 Å². The number of furan rings is 1. The molecule has 1 aromatic rings. The molecule has 45 heavy (non-hydrogen) atoms. The van der Waals surface area contributed by atoms with E-state index in [0.717, 1.165) is 11.8 Å². The zero-order chi connectivity index (χ0) is 29.5. The molecule has 9 fully saturated rings. The summed E-state index contributed by atoms with van der Waals surface area (Å²) in [6.07, 6.45) is 24.8. The van der Waals surface area contributed by atoms with Crippen LogP contribution in [0.3, 0.4) is 0 Å². The normalized spacial score (nSPS) is 54.2. The Hall–Kier alpha value is -1.04. The monoisotopic (exact) mass is 618 g/mol. The molecular weight excluding hydrogens is 560 g/mol. The third-order valence-electron chi connectivity index (χ3n) is 14.8. The quantitative estimate of drug-likeness (QED) is 0.240. The van der Waals surface area contributed by atoms with Gasteiger partial charge in [-0.05, 0) is 105 Å². The van der Waals surface area contributed by atoms with Crippen LogP contribution < -0.4 is 42.5 Å². The molecule has 10 rings (SSSR count). The van der Waals surface area contributed by atoms with Gasteiger partial charge < -0.3 is 4.42 Å². The Labute approximate surface area is 269 Å². The van der Waals surface area contributed by atoms with Crippen molar-refractivity contribution in [2.45, 2.75) is 152 Å². The Kier molecular flexibility index (Phi) is 7.60. The van der Waals surface area contributed by atoms with Crippen molar-refractivity contribution in [1.29, 1.82) is 0 Å². The first-order valence-corrected chi connectivity index (χ1v) is 19.4. The SMILES string of the molecule is c1coc(C2CCCC3C4NC5NC(NC6NC(NC7NC(NC(N4)C23)C2CCCCC72)C2CCCCC62)C2CCCCC52)c1. The van der Waals surface area contributed by atoms with Gasteiger partial charge >= 0.3 is 0 Å². The van der Waals surface area contributed by atoms with Crippen molar-refractivity contribution < 1.29 is 4.42 Å². The molecule has 0 spiro atoms. The predicted octanol–water partition coefficient (Wildman–Crippen LogP) is 3.59. The highest BCUT2D eigenvalue weighted by Crippen LogP contribution is 2.49. The molecular formula is C36H58N8O. The van der Waals surface area contributed by atoms with E-state index in [1.165, 1.54) is 102 Å². The lowest BCUT2D eigenvalue weighted by Gasteiger charge is -2.38. The first-order chi connectivity index (χ1) is 22.3. The van der Waals surface area contributed by atoms with E-state index in [0.29, 0.717) is 84.6 Å². The van der Waals surface area contributed by atoms with Crippen molar-refractivity contribution >= 4 is 0 Å². The molecule has 9 heteroatoms.